The average Bonchev–Trinajstić information content (AvgIpc) is 2.03. The van der Waals surface area contributed by atoms with Crippen LogP contribution in [-0.2, 0) is 0 Å². The van der Waals surface area contributed by atoms with E-state index >= 15 is 0 Å². The molecule has 0 aliphatic rings. The van der Waals surface area contributed by atoms with E-state index in [4.69, 9.17) is 24.2 Å². The standard InChI is InChI=1S/C9H10BClO.2H2O/c1-2-5-12-9-4-3-7(10)6-8(9)11;;/h3-4,6H,2,5H2,1H3;2*1H2/q+2;;/p-2. The van der Waals surface area contributed by atoms with Gasteiger partial charge in [0, 0.05) is 0 Å². The van der Waals surface area contributed by atoms with E-state index < -0.39 is 0 Å². The van der Waals surface area contributed by atoms with Gasteiger partial charge in [-0.25, -0.2) is 0 Å². The summed E-state index contributed by atoms with van der Waals surface area (Å²) in [7, 11) is 5.52. The Balaban J connectivity index is 0. The van der Waals surface area contributed by atoms with Crippen LogP contribution < -0.4 is 10.2 Å². The Morgan fingerprint density at radius 1 is 1.36 bits per heavy atom. The van der Waals surface area contributed by atoms with Crippen LogP contribution in [-0.4, -0.2) is 25.4 Å². The molecule has 76 valence electrons. The molecule has 14 heavy (non-hydrogen) atoms. The predicted molar refractivity (Wildman–Crippen MR) is 56.5 cm³/mol. The summed E-state index contributed by atoms with van der Waals surface area (Å²) in [5.74, 6) is 0.702. The van der Waals surface area contributed by atoms with Gasteiger partial charge in [-0.3, -0.25) is 0 Å². The summed E-state index contributed by atoms with van der Waals surface area (Å²) >= 11 is 5.86. The second kappa shape index (κ2) is 7.68. The number of benzene rings is 1. The van der Waals surface area contributed by atoms with Gasteiger partial charge in [0.2, 0.25) is 0 Å². The first-order chi connectivity index (χ1) is 5.74. The van der Waals surface area contributed by atoms with Crippen molar-refractivity contribution in [2.75, 3.05) is 6.61 Å². The van der Waals surface area contributed by atoms with Crippen LogP contribution in [0.3, 0.4) is 0 Å². The van der Waals surface area contributed by atoms with Crippen molar-refractivity contribution in [2.45, 2.75) is 13.3 Å². The maximum atomic E-state index is 5.86. The smallest absolute Gasteiger partial charge is 0.870 e. The third-order valence-corrected chi connectivity index (χ3v) is 1.71. The number of ether oxygens (including phenoxy) is 1. The Kier molecular flexibility index (Phi) is 8.64. The summed E-state index contributed by atoms with van der Waals surface area (Å²) in [6, 6.07) is 5.25. The molecule has 1 aromatic carbocycles. The first-order valence-electron chi connectivity index (χ1n) is 3.92. The van der Waals surface area contributed by atoms with Gasteiger partial charge in [0.15, 0.2) is 0 Å². The molecule has 1 aromatic rings. The number of halogens is 1. The van der Waals surface area contributed by atoms with Crippen molar-refractivity contribution in [3.05, 3.63) is 23.2 Å². The maximum absolute atomic E-state index is 5.86. The number of rotatable bonds is 3. The quantitative estimate of drug-likeness (QED) is 0.717. The van der Waals surface area contributed by atoms with Gasteiger partial charge in [-0.05, 0) is 0 Å². The number of hydrogen-bond acceptors (Lipinski definition) is 3. The van der Waals surface area contributed by atoms with Crippen LogP contribution >= 0.6 is 11.6 Å². The van der Waals surface area contributed by atoms with Crippen LogP contribution in [0.2, 0.25) is 5.02 Å². The van der Waals surface area contributed by atoms with E-state index in [1.807, 2.05) is 6.92 Å². The largest absolute Gasteiger partial charge is 0.870 e. The first kappa shape index (κ1) is 15.8. The minimum atomic E-state index is 0. The molecular weight excluding hydrogens is 202 g/mol. The second-order valence-electron chi connectivity index (χ2n) is 2.54. The third kappa shape index (κ3) is 4.51. The Morgan fingerprint density at radius 2 is 2.00 bits per heavy atom. The molecule has 0 atom stereocenters. The molecule has 0 bridgehead atoms. The van der Waals surface area contributed by atoms with Crippen LogP contribution in [0.5, 0.6) is 5.75 Å². The summed E-state index contributed by atoms with van der Waals surface area (Å²) < 4.78 is 5.35. The summed E-state index contributed by atoms with van der Waals surface area (Å²) in [6.07, 6.45) is 0.973. The molecule has 5 heteroatoms. The molecule has 2 N–H and O–H groups in total. The van der Waals surface area contributed by atoms with Gasteiger partial charge in [0.1, 0.15) is 0 Å². The van der Waals surface area contributed by atoms with Gasteiger partial charge in [0.05, 0.1) is 0 Å². The third-order valence-electron chi connectivity index (χ3n) is 1.42. The van der Waals surface area contributed by atoms with Crippen molar-refractivity contribution >= 4 is 24.9 Å². The van der Waals surface area contributed by atoms with E-state index in [1.165, 1.54) is 0 Å². The van der Waals surface area contributed by atoms with Gasteiger partial charge in [0.25, 0.3) is 0 Å². The Morgan fingerprint density at radius 3 is 2.50 bits per heavy atom. The zero-order valence-corrected chi connectivity index (χ0v) is 8.66. The molecule has 0 heterocycles. The van der Waals surface area contributed by atoms with Gasteiger partial charge in [-0.1, -0.05) is 0 Å². The Bertz CT molecular complexity index is 268. The van der Waals surface area contributed by atoms with Crippen molar-refractivity contribution in [1.29, 1.82) is 0 Å². The fraction of sp³-hybridized carbons (Fsp3) is 0.333. The first-order valence-corrected chi connectivity index (χ1v) is 4.29. The Hall–Kier alpha value is -0.705. The summed E-state index contributed by atoms with van der Waals surface area (Å²) in [5.41, 5.74) is 0.656. The molecule has 0 saturated heterocycles. The fourth-order valence-corrected chi connectivity index (χ4v) is 1.09. The molecule has 0 spiro atoms. The maximum Gasteiger partial charge on any atom is -0.870 e. The van der Waals surface area contributed by atoms with E-state index in [1.54, 1.807) is 18.2 Å². The molecule has 1 rings (SSSR count). The normalized spacial score (nSPS) is 8.57. The van der Waals surface area contributed by atoms with E-state index in [2.05, 4.69) is 0 Å². The van der Waals surface area contributed by atoms with Crippen molar-refractivity contribution in [3.63, 3.8) is 0 Å². The number of hydrogen-bond donors (Lipinski definition) is 0. The van der Waals surface area contributed by atoms with Gasteiger partial charge >= 0.3 is 78.6 Å². The van der Waals surface area contributed by atoms with Crippen molar-refractivity contribution in [1.82, 2.24) is 0 Å². The monoisotopic (exact) mass is 214 g/mol. The van der Waals surface area contributed by atoms with Crippen molar-refractivity contribution in [2.24, 2.45) is 0 Å². The van der Waals surface area contributed by atoms with Gasteiger partial charge < -0.3 is 11.0 Å². The topological polar surface area (TPSA) is 69.2 Å². The minimum Gasteiger partial charge on any atom is -0.870 e. The zero-order valence-electron chi connectivity index (χ0n) is 7.90. The molecule has 3 nitrogen and oxygen atoms in total. The average molecular weight is 214 g/mol. The molecule has 0 aliphatic heterocycles. The molecule has 0 saturated carbocycles. The van der Waals surface area contributed by atoms with E-state index in [9.17, 15) is 0 Å². The molecule has 0 aliphatic carbocycles. The minimum absolute atomic E-state index is 0. The summed E-state index contributed by atoms with van der Waals surface area (Å²) in [5, 5.41) is 0.573. The second-order valence-corrected chi connectivity index (χ2v) is 2.95. The fourth-order valence-electron chi connectivity index (χ4n) is 0.846. The molecule has 0 fully saturated rings. The van der Waals surface area contributed by atoms with Crippen molar-refractivity contribution in [3.8, 4) is 5.75 Å². The molecule has 0 radical (unpaired) electrons. The van der Waals surface area contributed by atoms with Gasteiger partial charge in [-0.2, -0.15) is 0 Å². The van der Waals surface area contributed by atoms with E-state index in [0.29, 0.717) is 22.8 Å². The van der Waals surface area contributed by atoms with Crippen molar-refractivity contribution < 1.29 is 15.7 Å². The van der Waals surface area contributed by atoms with Crippen LogP contribution in [0.15, 0.2) is 18.2 Å². The molecule has 0 amide bonds. The van der Waals surface area contributed by atoms with Crippen LogP contribution in [0.25, 0.3) is 0 Å². The van der Waals surface area contributed by atoms with E-state index in [-0.39, 0.29) is 11.0 Å². The summed E-state index contributed by atoms with van der Waals surface area (Å²) in [6.45, 7) is 2.73. The molecule has 0 aromatic heterocycles. The van der Waals surface area contributed by atoms with Crippen LogP contribution in [0.1, 0.15) is 13.3 Å². The predicted octanol–water partition coefficient (Wildman–Crippen LogP) is 1.57. The molecular formula is C9H12BClO3. The van der Waals surface area contributed by atoms with Gasteiger partial charge in [-0.15, -0.1) is 0 Å². The Labute approximate surface area is 90.1 Å². The van der Waals surface area contributed by atoms with E-state index in [0.717, 1.165) is 6.42 Å². The SMILES string of the molecule is [B+2]c1ccc(OCCC)c(Cl)c1.[OH-].[OH-]. The summed E-state index contributed by atoms with van der Waals surface area (Å²) in [4.78, 5) is 0. The van der Waals surface area contributed by atoms with Crippen LogP contribution in [0.4, 0.5) is 0 Å². The van der Waals surface area contributed by atoms with Crippen LogP contribution in [0, 0.1) is 0 Å². The zero-order chi connectivity index (χ0) is 8.97. The molecule has 0 unspecified atom stereocenters.